The first-order chi connectivity index (χ1) is 13.4. The summed E-state index contributed by atoms with van der Waals surface area (Å²) in [7, 11) is 0. The van der Waals surface area contributed by atoms with Crippen LogP contribution >= 0.6 is 11.3 Å². The first-order valence-corrected chi connectivity index (χ1v) is 11.2. The summed E-state index contributed by atoms with van der Waals surface area (Å²) in [6.07, 6.45) is 6.51. The molecule has 0 atom stereocenters. The maximum Gasteiger partial charge on any atom is 0.407 e. The number of hydrogen-bond donors (Lipinski definition) is 3. The van der Waals surface area contributed by atoms with Crippen molar-refractivity contribution in [2.75, 3.05) is 26.2 Å². The highest BCUT2D eigenvalue weighted by atomic mass is 32.1. The van der Waals surface area contributed by atoms with Gasteiger partial charge < -0.3 is 20.7 Å². The smallest absolute Gasteiger partial charge is 0.407 e. The van der Waals surface area contributed by atoms with Gasteiger partial charge in [-0.2, -0.15) is 0 Å². The lowest BCUT2D eigenvalue weighted by Gasteiger charge is -2.19. The second-order valence-electron chi connectivity index (χ2n) is 7.90. The van der Waals surface area contributed by atoms with Crippen LogP contribution in [-0.2, 0) is 24.0 Å². The Bertz CT molecular complexity index is 628. The third kappa shape index (κ3) is 8.46. The van der Waals surface area contributed by atoms with Crippen molar-refractivity contribution < 1.29 is 9.53 Å². The monoisotopic (exact) mass is 409 g/mol. The standard InChI is InChI=1S/C20H35N5O2S/c1-5-21-18(23-13-14-24-19(26)27-20(2,3)4)22-12-8-11-17-25-15-9-6-7-10-16(15)28-17/h5-14H2,1-4H3,(H,24,26)(H2,21,22,23). The van der Waals surface area contributed by atoms with E-state index < -0.39 is 11.7 Å². The Labute approximate surface area is 172 Å². The van der Waals surface area contributed by atoms with E-state index in [-0.39, 0.29) is 0 Å². The fourth-order valence-electron chi connectivity index (χ4n) is 2.93. The summed E-state index contributed by atoms with van der Waals surface area (Å²) in [5, 5.41) is 10.4. The summed E-state index contributed by atoms with van der Waals surface area (Å²) in [5.41, 5.74) is 0.854. The number of guanidine groups is 1. The molecule has 1 aliphatic carbocycles. The summed E-state index contributed by atoms with van der Waals surface area (Å²) < 4.78 is 5.22. The topological polar surface area (TPSA) is 87.6 Å². The SMILES string of the molecule is CCNC(=NCCCc1nc2c(s1)CCCC2)NCCNC(=O)OC(C)(C)C. The molecular weight excluding hydrogens is 374 g/mol. The van der Waals surface area contributed by atoms with Crippen LogP contribution in [0, 0.1) is 0 Å². The molecule has 7 nitrogen and oxygen atoms in total. The van der Waals surface area contributed by atoms with Gasteiger partial charge in [-0.05, 0) is 59.8 Å². The molecular formula is C20H35N5O2S. The summed E-state index contributed by atoms with van der Waals surface area (Å²) in [5.74, 6) is 0.770. The summed E-state index contributed by atoms with van der Waals surface area (Å²) in [4.78, 5) is 22.5. The van der Waals surface area contributed by atoms with Gasteiger partial charge >= 0.3 is 6.09 Å². The zero-order valence-corrected chi connectivity index (χ0v) is 18.5. The van der Waals surface area contributed by atoms with Crippen LogP contribution < -0.4 is 16.0 Å². The number of ether oxygens (including phenoxy) is 1. The number of nitrogens with one attached hydrogen (secondary N) is 3. The first-order valence-electron chi connectivity index (χ1n) is 10.3. The molecule has 0 unspecified atom stereocenters. The molecule has 1 aromatic rings. The predicted molar refractivity (Wildman–Crippen MR) is 115 cm³/mol. The Balaban J connectivity index is 1.67. The van der Waals surface area contributed by atoms with Gasteiger partial charge in [-0.1, -0.05) is 0 Å². The van der Waals surface area contributed by atoms with Gasteiger partial charge in [0.05, 0.1) is 10.7 Å². The molecule has 0 saturated carbocycles. The number of thiazole rings is 1. The number of hydrogen-bond acceptors (Lipinski definition) is 5. The van der Waals surface area contributed by atoms with Gasteiger partial charge in [0.25, 0.3) is 0 Å². The lowest BCUT2D eigenvalue weighted by molar-refractivity contribution is 0.0529. The van der Waals surface area contributed by atoms with E-state index in [2.05, 4.69) is 20.9 Å². The van der Waals surface area contributed by atoms with Gasteiger partial charge in [0.2, 0.25) is 0 Å². The molecule has 28 heavy (non-hydrogen) atoms. The highest BCUT2D eigenvalue weighted by Gasteiger charge is 2.16. The summed E-state index contributed by atoms with van der Waals surface area (Å²) >= 11 is 1.88. The van der Waals surface area contributed by atoms with Gasteiger partial charge in [-0.3, -0.25) is 4.99 Å². The van der Waals surface area contributed by atoms with Crippen LogP contribution in [0.5, 0.6) is 0 Å². The lowest BCUT2D eigenvalue weighted by atomic mass is 10.0. The molecule has 8 heteroatoms. The van der Waals surface area contributed by atoms with Crippen molar-refractivity contribution in [3.8, 4) is 0 Å². The number of aliphatic imine (C=N–C) groups is 1. The van der Waals surface area contributed by atoms with Crippen molar-refractivity contribution in [3.05, 3.63) is 15.6 Å². The van der Waals surface area contributed by atoms with Crippen molar-refractivity contribution in [1.82, 2.24) is 20.9 Å². The third-order valence-corrected chi connectivity index (χ3v) is 5.36. The quantitative estimate of drug-likeness (QED) is 0.349. The van der Waals surface area contributed by atoms with Gasteiger partial charge in [0.15, 0.2) is 5.96 Å². The minimum atomic E-state index is -0.482. The Morgan fingerprint density at radius 2 is 1.93 bits per heavy atom. The maximum atomic E-state index is 11.6. The second-order valence-corrected chi connectivity index (χ2v) is 9.07. The van der Waals surface area contributed by atoms with Crippen LogP contribution in [0.2, 0.25) is 0 Å². The minimum absolute atomic E-state index is 0.401. The number of rotatable bonds is 8. The number of amides is 1. The maximum absolute atomic E-state index is 11.6. The average Bonchev–Trinajstić information content (AvgIpc) is 3.03. The number of carbonyl (C=O) groups excluding carboxylic acids is 1. The summed E-state index contributed by atoms with van der Waals surface area (Å²) in [6, 6.07) is 0. The van der Waals surface area contributed by atoms with Gasteiger partial charge in [-0.25, -0.2) is 9.78 Å². The highest BCUT2D eigenvalue weighted by Crippen LogP contribution is 2.27. The van der Waals surface area contributed by atoms with Crippen molar-refractivity contribution in [1.29, 1.82) is 0 Å². The normalized spacial score (nSPS) is 14.4. The van der Waals surface area contributed by atoms with E-state index in [0.717, 1.165) is 38.3 Å². The summed E-state index contributed by atoms with van der Waals surface area (Å²) in [6.45, 7) is 10.2. The van der Waals surface area contributed by atoms with Crippen LogP contribution in [0.4, 0.5) is 4.79 Å². The fraction of sp³-hybridized carbons (Fsp3) is 0.750. The van der Waals surface area contributed by atoms with Crippen LogP contribution in [0.1, 0.15) is 62.5 Å². The van der Waals surface area contributed by atoms with E-state index in [9.17, 15) is 4.79 Å². The molecule has 0 saturated heterocycles. The van der Waals surface area contributed by atoms with E-state index >= 15 is 0 Å². The molecule has 0 spiro atoms. The molecule has 158 valence electrons. The number of alkyl carbamates (subject to hydrolysis) is 1. The Morgan fingerprint density at radius 3 is 2.64 bits per heavy atom. The molecule has 1 heterocycles. The van der Waals surface area contributed by atoms with E-state index in [1.807, 2.05) is 39.0 Å². The van der Waals surface area contributed by atoms with Crippen LogP contribution in [0.3, 0.4) is 0 Å². The molecule has 2 rings (SSSR count). The van der Waals surface area contributed by atoms with E-state index in [1.54, 1.807) is 0 Å². The number of fused-ring (bicyclic) bond motifs is 1. The zero-order valence-electron chi connectivity index (χ0n) is 17.7. The molecule has 0 fully saturated rings. The third-order valence-electron chi connectivity index (χ3n) is 4.14. The molecule has 0 aliphatic heterocycles. The molecule has 1 aliphatic rings. The van der Waals surface area contributed by atoms with Crippen molar-refractivity contribution in [2.45, 2.75) is 71.8 Å². The van der Waals surface area contributed by atoms with Crippen molar-refractivity contribution >= 4 is 23.4 Å². The van der Waals surface area contributed by atoms with E-state index in [0.29, 0.717) is 13.1 Å². The zero-order chi connectivity index (χ0) is 20.4. The van der Waals surface area contributed by atoms with E-state index in [1.165, 1.54) is 34.8 Å². The minimum Gasteiger partial charge on any atom is -0.444 e. The van der Waals surface area contributed by atoms with Crippen molar-refractivity contribution in [2.24, 2.45) is 4.99 Å². The van der Waals surface area contributed by atoms with Crippen molar-refractivity contribution in [3.63, 3.8) is 0 Å². The highest BCUT2D eigenvalue weighted by molar-refractivity contribution is 7.11. The molecule has 1 aromatic heterocycles. The van der Waals surface area contributed by atoms with Crippen LogP contribution in [0.15, 0.2) is 4.99 Å². The second kappa shape index (κ2) is 11.2. The van der Waals surface area contributed by atoms with E-state index in [4.69, 9.17) is 9.72 Å². The Kier molecular flexibility index (Phi) is 9.02. The Hall–Kier alpha value is -1.83. The fourth-order valence-corrected chi connectivity index (χ4v) is 4.13. The van der Waals surface area contributed by atoms with Gasteiger partial charge in [0, 0.05) is 37.5 Å². The van der Waals surface area contributed by atoms with Crippen LogP contribution in [0.25, 0.3) is 0 Å². The average molecular weight is 410 g/mol. The molecule has 0 aromatic carbocycles. The predicted octanol–water partition coefficient (Wildman–Crippen LogP) is 3.03. The molecule has 1 amide bonds. The molecule has 3 N–H and O–H groups in total. The first kappa shape index (κ1) is 22.5. The van der Waals surface area contributed by atoms with Gasteiger partial charge in [0.1, 0.15) is 5.60 Å². The van der Waals surface area contributed by atoms with Crippen LogP contribution in [-0.4, -0.2) is 48.8 Å². The number of aryl methyl sites for hydroxylation is 3. The molecule has 0 bridgehead atoms. The molecule has 0 radical (unpaired) electrons. The number of aromatic nitrogens is 1. The Morgan fingerprint density at radius 1 is 1.18 bits per heavy atom. The largest absolute Gasteiger partial charge is 0.444 e. The van der Waals surface area contributed by atoms with Gasteiger partial charge in [-0.15, -0.1) is 11.3 Å². The number of nitrogens with zero attached hydrogens (tertiary/aromatic N) is 2. The number of carbonyl (C=O) groups is 1. The lowest BCUT2D eigenvalue weighted by Crippen LogP contribution is -2.42.